The van der Waals surface area contributed by atoms with Crippen molar-refractivity contribution in [2.45, 2.75) is 105 Å². The van der Waals surface area contributed by atoms with Crippen LogP contribution in [0.2, 0.25) is 0 Å². The van der Waals surface area contributed by atoms with Gasteiger partial charge in [-0.15, -0.1) is 0 Å². The quantitative estimate of drug-likeness (QED) is 0.427. The van der Waals surface area contributed by atoms with Gasteiger partial charge in [0.1, 0.15) is 0 Å². The number of allylic oxidation sites excluding steroid dienone is 2. The summed E-state index contributed by atoms with van der Waals surface area (Å²) in [5.41, 5.74) is 1.18. The molecule has 0 amide bonds. The fourth-order valence-corrected chi connectivity index (χ4v) is 8.84. The van der Waals surface area contributed by atoms with Crippen LogP contribution in [-0.2, 0) is 0 Å². The molecule has 4 aliphatic rings. The second kappa shape index (κ2) is 7.53. The van der Waals surface area contributed by atoms with Crippen molar-refractivity contribution in [2.75, 3.05) is 0 Å². The summed E-state index contributed by atoms with van der Waals surface area (Å²) in [7, 11) is 0. The van der Waals surface area contributed by atoms with E-state index in [1.807, 2.05) is 0 Å². The van der Waals surface area contributed by atoms with Gasteiger partial charge in [0.15, 0.2) is 0 Å². The molecule has 0 radical (unpaired) electrons. The van der Waals surface area contributed by atoms with E-state index in [1.54, 1.807) is 12.8 Å². The van der Waals surface area contributed by atoms with E-state index in [1.165, 1.54) is 57.8 Å². The molecule has 0 heterocycles. The highest BCUT2D eigenvalue weighted by Gasteiger charge is 2.59. The number of hydrogen-bond donors (Lipinski definition) is 0. The molecule has 0 aromatic rings. The Morgan fingerprint density at radius 1 is 0.889 bits per heavy atom. The highest BCUT2D eigenvalue weighted by Crippen LogP contribution is 2.67. The summed E-state index contributed by atoms with van der Waals surface area (Å²) < 4.78 is 0. The summed E-state index contributed by atoms with van der Waals surface area (Å²) in [5, 5.41) is 0. The van der Waals surface area contributed by atoms with E-state index in [-0.39, 0.29) is 0 Å². The molecule has 0 saturated heterocycles. The van der Waals surface area contributed by atoms with Crippen molar-refractivity contribution in [2.24, 2.45) is 52.3 Å². The maximum absolute atomic E-state index is 2.73. The van der Waals surface area contributed by atoms with Gasteiger partial charge in [-0.25, -0.2) is 0 Å². The van der Waals surface area contributed by atoms with Crippen LogP contribution >= 0.6 is 0 Å². The summed E-state index contributed by atoms with van der Waals surface area (Å²) in [4.78, 5) is 0. The maximum Gasteiger partial charge on any atom is -0.00872 e. The van der Waals surface area contributed by atoms with Gasteiger partial charge in [0, 0.05) is 0 Å². The lowest BCUT2D eigenvalue weighted by Crippen LogP contribution is -2.52. The van der Waals surface area contributed by atoms with Crippen LogP contribution in [0.15, 0.2) is 12.2 Å². The van der Waals surface area contributed by atoms with Gasteiger partial charge >= 0.3 is 0 Å². The first-order chi connectivity index (χ1) is 12.9. The zero-order valence-corrected chi connectivity index (χ0v) is 19.0. The predicted molar refractivity (Wildman–Crippen MR) is 118 cm³/mol. The van der Waals surface area contributed by atoms with Crippen LogP contribution in [0.5, 0.6) is 0 Å². The first kappa shape index (κ1) is 20.0. The van der Waals surface area contributed by atoms with Crippen LogP contribution in [0, 0.1) is 52.3 Å². The highest BCUT2D eigenvalue weighted by atomic mass is 14.6. The lowest BCUT2D eigenvalue weighted by molar-refractivity contribution is -0.0845. The van der Waals surface area contributed by atoms with E-state index < -0.39 is 0 Å². The molecule has 4 aliphatic carbocycles. The van der Waals surface area contributed by atoms with Gasteiger partial charge in [-0.2, -0.15) is 0 Å². The monoisotopic (exact) mass is 370 g/mol. The van der Waals surface area contributed by atoms with Crippen LogP contribution in [0.4, 0.5) is 0 Å². The van der Waals surface area contributed by atoms with Crippen LogP contribution in [-0.4, -0.2) is 0 Å². The molecule has 0 aromatic carbocycles. The zero-order chi connectivity index (χ0) is 19.2. The summed E-state index contributed by atoms with van der Waals surface area (Å²) >= 11 is 0. The van der Waals surface area contributed by atoms with Gasteiger partial charge in [0.2, 0.25) is 0 Å². The Hall–Kier alpha value is -0.260. The fourth-order valence-electron chi connectivity index (χ4n) is 8.84. The van der Waals surface area contributed by atoms with Crippen molar-refractivity contribution >= 4 is 0 Å². The summed E-state index contributed by atoms with van der Waals surface area (Å²) in [6, 6.07) is 0. The molecule has 0 heteroatoms. The smallest absolute Gasteiger partial charge is 0.00872 e. The van der Waals surface area contributed by atoms with E-state index in [0.29, 0.717) is 10.8 Å². The predicted octanol–water partition coefficient (Wildman–Crippen LogP) is 8.27. The van der Waals surface area contributed by atoms with Crippen molar-refractivity contribution in [3.8, 4) is 0 Å². The standard InChI is InChI=1S/C27H46/c1-19(2)9-8-10-20(3)23-14-15-24-22-13-12-21-11-6-7-17-26(21,4)25(22)16-18-27(23,24)5/h7,17,19-25H,6,8-16,18H2,1-5H3. The van der Waals surface area contributed by atoms with E-state index in [2.05, 4.69) is 46.8 Å². The lowest BCUT2D eigenvalue weighted by atomic mass is 9.45. The van der Waals surface area contributed by atoms with Gasteiger partial charge in [0.25, 0.3) is 0 Å². The molecule has 3 fully saturated rings. The Morgan fingerprint density at radius 3 is 2.48 bits per heavy atom. The molecule has 8 atom stereocenters. The van der Waals surface area contributed by atoms with E-state index in [0.717, 1.165) is 41.4 Å². The molecular formula is C27H46. The van der Waals surface area contributed by atoms with E-state index in [9.17, 15) is 0 Å². The van der Waals surface area contributed by atoms with Gasteiger partial charge in [0.05, 0.1) is 0 Å². The Labute approximate surface area is 170 Å². The minimum atomic E-state index is 0.531. The minimum Gasteiger partial charge on any atom is -0.0880 e. The Morgan fingerprint density at radius 2 is 1.70 bits per heavy atom. The molecule has 8 unspecified atom stereocenters. The molecule has 0 nitrogen and oxygen atoms in total. The Bertz CT molecular complexity index is 544. The first-order valence-corrected chi connectivity index (χ1v) is 12.5. The number of fused-ring (bicyclic) bond motifs is 5. The molecule has 0 bridgehead atoms. The number of hydrogen-bond acceptors (Lipinski definition) is 0. The molecule has 0 aliphatic heterocycles. The van der Waals surface area contributed by atoms with Crippen molar-refractivity contribution in [3.63, 3.8) is 0 Å². The van der Waals surface area contributed by atoms with Crippen molar-refractivity contribution in [1.82, 2.24) is 0 Å². The molecular weight excluding hydrogens is 324 g/mol. The molecule has 0 spiro atoms. The van der Waals surface area contributed by atoms with Crippen LogP contribution in [0.25, 0.3) is 0 Å². The largest absolute Gasteiger partial charge is 0.0880 e. The van der Waals surface area contributed by atoms with Crippen molar-refractivity contribution in [3.05, 3.63) is 12.2 Å². The number of rotatable bonds is 5. The van der Waals surface area contributed by atoms with Gasteiger partial charge in [-0.3, -0.25) is 0 Å². The first-order valence-electron chi connectivity index (χ1n) is 12.5. The zero-order valence-electron chi connectivity index (χ0n) is 19.0. The van der Waals surface area contributed by atoms with Crippen molar-refractivity contribution < 1.29 is 0 Å². The summed E-state index contributed by atoms with van der Waals surface area (Å²) in [6.07, 6.45) is 21.5. The second-order valence-electron chi connectivity index (χ2n) is 12.0. The summed E-state index contributed by atoms with van der Waals surface area (Å²) in [5.74, 6) is 6.85. The summed E-state index contributed by atoms with van der Waals surface area (Å²) in [6.45, 7) is 12.8. The Balaban J connectivity index is 1.48. The topological polar surface area (TPSA) is 0 Å². The average molecular weight is 371 g/mol. The van der Waals surface area contributed by atoms with Gasteiger partial charge in [-0.05, 0) is 104 Å². The maximum atomic E-state index is 2.73. The van der Waals surface area contributed by atoms with Crippen LogP contribution in [0.1, 0.15) is 105 Å². The molecule has 0 N–H and O–H groups in total. The van der Waals surface area contributed by atoms with E-state index in [4.69, 9.17) is 0 Å². The molecule has 0 aromatic heterocycles. The second-order valence-corrected chi connectivity index (χ2v) is 12.0. The lowest BCUT2D eigenvalue weighted by Gasteiger charge is -2.59. The van der Waals surface area contributed by atoms with E-state index >= 15 is 0 Å². The fraction of sp³-hybridized carbons (Fsp3) is 0.926. The SMILES string of the molecule is CC(C)CCCC(C)C1CCC2C3CCC4CCC=CC4(C)C3CCC12C. The van der Waals surface area contributed by atoms with Crippen molar-refractivity contribution in [1.29, 1.82) is 0 Å². The third-order valence-electron chi connectivity index (χ3n) is 10.3. The Kier molecular flexibility index (Phi) is 5.59. The van der Waals surface area contributed by atoms with Gasteiger partial charge < -0.3 is 0 Å². The molecule has 4 rings (SSSR count). The molecule has 154 valence electrons. The third kappa shape index (κ3) is 3.36. The average Bonchev–Trinajstić information content (AvgIpc) is 2.98. The highest BCUT2D eigenvalue weighted by molar-refractivity contribution is 5.15. The minimum absolute atomic E-state index is 0.531. The molecule has 3 saturated carbocycles. The normalized spacial score (nSPS) is 47.4. The third-order valence-corrected chi connectivity index (χ3v) is 10.3. The van der Waals surface area contributed by atoms with Crippen LogP contribution in [0.3, 0.4) is 0 Å². The molecule has 27 heavy (non-hydrogen) atoms. The van der Waals surface area contributed by atoms with Crippen LogP contribution < -0.4 is 0 Å². The van der Waals surface area contributed by atoms with Gasteiger partial charge in [-0.1, -0.05) is 66.0 Å².